The van der Waals surface area contributed by atoms with Crippen molar-refractivity contribution in [1.29, 1.82) is 0 Å². The van der Waals surface area contributed by atoms with Crippen LogP contribution in [-0.4, -0.2) is 28.1 Å². The number of hydrogen-bond donors (Lipinski definition) is 4. The zero-order valence-corrected chi connectivity index (χ0v) is 15.8. The normalized spacial score (nSPS) is 11.8. The fourth-order valence-electron chi connectivity index (χ4n) is 2.82. The molecule has 0 saturated carbocycles. The molecule has 2 aromatic carbocycles. The number of halogens is 2. The van der Waals surface area contributed by atoms with Gasteiger partial charge in [-0.1, -0.05) is 41.4 Å². The summed E-state index contributed by atoms with van der Waals surface area (Å²) in [5, 5.41) is 15.7. The second-order valence-corrected chi connectivity index (χ2v) is 6.93. The van der Waals surface area contributed by atoms with Crippen molar-refractivity contribution >= 4 is 51.8 Å². The molecule has 0 aliphatic carbocycles. The summed E-state index contributed by atoms with van der Waals surface area (Å²) in [4.78, 5) is 38.4. The van der Waals surface area contributed by atoms with E-state index in [0.29, 0.717) is 32.2 Å². The quantitative estimate of drug-likeness (QED) is 0.505. The van der Waals surface area contributed by atoms with E-state index >= 15 is 0 Å². The molecule has 144 valence electrons. The lowest BCUT2D eigenvalue weighted by Crippen LogP contribution is -2.44. The van der Waals surface area contributed by atoms with E-state index in [1.165, 1.54) is 24.3 Å². The molecular weight excluding hydrogens is 405 g/mol. The first-order valence-electron chi connectivity index (χ1n) is 8.19. The topological polar surface area (TPSA) is 111 Å². The Morgan fingerprint density at radius 1 is 1.07 bits per heavy atom. The number of rotatable bonds is 5. The van der Waals surface area contributed by atoms with Gasteiger partial charge in [0.2, 0.25) is 5.56 Å². The van der Waals surface area contributed by atoms with Crippen molar-refractivity contribution in [3.05, 3.63) is 74.5 Å². The summed E-state index contributed by atoms with van der Waals surface area (Å²) in [5.41, 5.74) is 1.07. The number of fused-ring (bicyclic) bond motifs is 1. The molecule has 9 heteroatoms. The number of aromatic amines is 1. The van der Waals surface area contributed by atoms with Crippen LogP contribution in [-0.2, 0) is 11.2 Å². The van der Waals surface area contributed by atoms with Gasteiger partial charge in [0.05, 0.1) is 0 Å². The summed E-state index contributed by atoms with van der Waals surface area (Å²) in [6.45, 7) is 0. The maximum atomic E-state index is 12.2. The molecule has 0 bridgehead atoms. The van der Waals surface area contributed by atoms with Gasteiger partial charge < -0.3 is 20.7 Å². The second kappa shape index (κ2) is 8.33. The zero-order chi connectivity index (χ0) is 20.3. The molecule has 1 heterocycles. The molecule has 0 saturated heterocycles. The van der Waals surface area contributed by atoms with Crippen molar-refractivity contribution in [3.8, 4) is 0 Å². The van der Waals surface area contributed by atoms with Gasteiger partial charge >= 0.3 is 12.0 Å². The minimum absolute atomic E-state index is 0.0660. The lowest BCUT2D eigenvalue weighted by atomic mass is 10.0. The van der Waals surface area contributed by atoms with Crippen LogP contribution in [0.1, 0.15) is 5.56 Å². The van der Waals surface area contributed by atoms with E-state index in [4.69, 9.17) is 23.2 Å². The Morgan fingerprint density at radius 2 is 1.75 bits per heavy atom. The van der Waals surface area contributed by atoms with Crippen LogP contribution in [0.15, 0.2) is 53.3 Å². The van der Waals surface area contributed by atoms with Crippen molar-refractivity contribution in [2.24, 2.45) is 0 Å². The highest BCUT2D eigenvalue weighted by Crippen LogP contribution is 2.22. The van der Waals surface area contributed by atoms with Gasteiger partial charge in [-0.05, 0) is 29.8 Å². The van der Waals surface area contributed by atoms with Gasteiger partial charge in [-0.2, -0.15) is 0 Å². The summed E-state index contributed by atoms with van der Waals surface area (Å²) >= 11 is 11.8. The Kier molecular flexibility index (Phi) is 5.87. The van der Waals surface area contributed by atoms with Crippen LogP contribution < -0.4 is 16.2 Å². The van der Waals surface area contributed by atoms with Crippen LogP contribution in [0.2, 0.25) is 10.0 Å². The number of hydrogen-bond acceptors (Lipinski definition) is 3. The van der Waals surface area contributed by atoms with E-state index in [-0.39, 0.29) is 12.0 Å². The highest BCUT2D eigenvalue weighted by molar-refractivity contribution is 6.35. The number of aliphatic carboxylic acids is 1. The van der Waals surface area contributed by atoms with Gasteiger partial charge in [0, 0.05) is 39.1 Å². The molecule has 4 N–H and O–H groups in total. The smallest absolute Gasteiger partial charge is 0.326 e. The average molecular weight is 420 g/mol. The number of aromatic nitrogens is 1. The number of benzene rings is 2. The van der Waals surface area contributed by atoms with E-state index in [0.717, 1.165) is 0 Å². The number of carbonyl (C=O) groups is 2. The maximum absolute atomic E-state index is 12.2. The number of carbonyl (C=O) groups excluding carboxylic acids is 1. The molecule has 28 heavy (non-hydrogen) atoms. The van der Waals surface area contributed by atoms with E-state index in [1.807, 2.05) is 0 Å². The molecule has 1 aromatic heterocycles. The number of urea groups is 1. The SMILES string of the molecule is O=C(Nc1cc(Cl)cc(Cl)c1)NC(Cc1cc(=O)[nH]c2ccccc12)C(=O)O. The van der Waals surface area contributed by atoms with E-state index in [9.17, 15) is 19.5 Å². The Hall–Kier alpha value is -3.03. The number of para-hydroxylation sites is 1. The van der Waals surface area contributed by atoms with Crippen molar-refractivity contribution in [2.45, 2.75) is 12.5 Å². The number of amides is 2. The fourth-order valence-corrected chi connectivity index (χ4v) is 3.34. The lowest BCUT2D eigenvalue weighted by molar-refractivity contribution is -0.139. The number of carboxylic acids is 1. The number of pyridine rings is 1. The largest absolute Gasteiger partial charge is 0.480 e. The van der Waals surface area contributed by atoms with Crippen molar-refractivity contribution in [1.82, 2.24) is 10.3 Å². The van der Waals surface area contributed by atoms with Gasteiger partial charge in [-0.25, -0.2) is 9.59 Å². The Bertz CT molecular complexity index is 1090. The van der Waals surface area contributed by atoms with Crippen LogP contribution in [0.4, 0.5) is 10.5 Å². The molecule has 3 rings (SSSR count). The van der Waals surface area contributed by atoms with Crippen LogP contribution >= 0.6 is 23.2 Å². The van der Waals surface area contributed by atoms with Gasteiger partial charge in [0.15, 0.2) is 0 Å². The van der Waals surface area contributed by atoms with Gasteiger partial charge in [0.1, 0.15) is 6.04 Å². The summed E-state index contributed by atoms with van der Waals surface area (Å²) in [7, 11) is 0. The molecule has 0 aliphatic heterocycles. The Balaban J connectivity index is 1.80. The van der Waals surface area contributed by atoms with Crippen LogP contribution in [0.5, 0.6) is 0 Å². The standard InChI is InChI=1S/C19H15Cl2N3O4/c20-11-7-12(21)9-13(8-11)22-19(28)24-16(18(26)27)5-10-6-17(25)23-15-4-2-1-3-14(10)15/h1-4,6-9,16H,5H2,(H,23,25)(H,26,27)(H2,22,24,28). The van der Waals surface area contributed by atoms with Gasteiger partial charge in [-0.15, -0.1) is 0 Å². The monoisotopic (exact) mass is 419 g/mol. The Morgan fingerprint density at radius 3 is 2.43 bits per heavy atom. The zero-order valence-electron chi connectivity index (χ0n) is 14.3. The second-order valence-electron chi connectivity index (χ2n) is 6.06. The molecule has 0 spiro atoms. The third-order valence-electron chi connectivity index (χ3n) is 3.98. The minimum Gasteiger partial charge on any atom is -0.480 e. The molecule has 0 fully saturated rings. The first-order valence-corrected chi connectivity index (χ1v) is 8.95. The first-order chi connectivity index (χ1) is 13.3. The van der Waals surface area contributed by atoms with E-state index in [1.54, 1.807) is 24.3 Å². The lowest BCUT2D eigenvalue weighted by Gasteiger charge is -2.16. The molecule has 1 unspecified atom stereocenters. The van der Waals surface area contributed by atoms with Crippen molar-refractivity contribution in [3.63, 3.8) is 0 Å². The number of H-pyrrole nitrogens is 1. The molecular formula is C19H15Cl2N3O4. The third-order valence-corrected chi connectivity index (χ3v) is 4.42. The predicted octanol–water partition coefficient (Wildman–Crippen LogP) is 3.65. The molecule has 7 nitrogen and oxygen atoms in total. The summed E-state index contributed by atoms with van der Waals surface area (Å²) in [6.07, 6.45) is -0.0660. The molecule has 0 radical (unpaired) electrons. The number of carboxylic acid groups (broad SMARTS) is 1. The molecule has 2 amide bonds. The van der Waals surface area contributed by atoms with E-state index < -0.39 is 18.0 Å². The van der Waals surface area contributed by atoms with Crippen molar-refractivity contribution in [2.75, 3.05) is 5.32 Å². The van der Waals surface area contributed by atoms with Gasteiger partial charge in [0.25, 0.3) is 0 Å². The van der Waals surface area contributed by atoms with Crippen LogP contribution in [0, 0.1) is 0 Å². The third kappa shape index (κ3) is 4.82. The summed E-state index contributed by atoms with van der Waals surface area (Å²) in [6, 6.07) is 10.8. The van der Waals surface area contributed by atoms with Crippen molar-refractivity contribution < 1.29 is 14.7 Å². The number of nitrogens with one attached hydrogen (secondary N) is 3. The minimum atomic E-state index is -1.25. The van der Waals surface area contributed by atoms with Gasteiger partial charge in [-0.3, -0.25) is 4.79 Å². The predicted molar refractivity (Wildman–Crippen MR) is 108 cm³/mol. The average Bonchev–Trinajstić information content (AvgIpc) is 2.59. The van der Waals surface area contributed by atoms with Crippen LogP contribution in [0.25, 0.3) is 10.9 Å². The summed E-state index contributed by atoms with van der Waals surface area (Å²) in [5.74, 6) is -1.23. The highest BCUT2D eigenvalue weighted by Gasteiger charge is 2.22. The maximum Gasteiger partial charge on any atom is 0.326 e. The molecule has 1 atom stereocenters. The number of anilines is 1. The summed E-state index contributed by atoms with van der Waals surface area (Å²) < 4.78 is 0. The Labute approximate surface area is 169 Å². The fraction of sp³-hybridized carbons (Fsp3) is 0.105. The molecule has 3 aromatic rings. The van der Waals surface area contributed by atoms with Crippen LogP contribution in [0.3, 0.4) is 0 Å². The molecule has 0 aliphatic rings. The first kappa shape index (κ1) is 19.7. The highest BCUT2D eigenvalue weighted by atomic mass is 35.5. The van der Waals surface area contributed by atoms with E-state index in [2.05, 4.69) is 15.6 Å².